The maximum absolute atomic E-state index is 14.8. The van der Waals surface area contributed by atoms with Crippen LogP contribution in [0.3, 0.4) is 0 Å². The quantitative estimate of drug-likeness (QED) is 0.565. The lowest BCUT2D eigenvalue weighted by Gasteiger charge is -2.24. The van der Waals surface area contributed by atoms with Gasteiger partial charge in [-0.1, -0.05) is 0 Å². The van der Waals surface area contributed by atoms with Crippen LogP contribution in [0.1, 0.15) is 6.42 Å². The highest BCUT2D eigenvalue weighted by atomic mass is 19.1. The Hall–Kier alpha value is -2.70. The number of hydroxylamine groups is 1. The first-order valence-corrected chi connectivity index (χ1v) is 9.06. The predicted molar refractivity (Wildman–Crippen MR) is 92.9 cm³/mol. The summed E-state index contributed by atoms with van der Waals surface area (Å²) in [5.41, 5.74) is 6.45. The standard InChI is InChI=1S/C16H19F2N7O3/c17-11-5-10(6-12(18)14(11)23-2-1-20-27-4-3-23)24-8-16(28-15(24)26)7-13(16)25-9-19-21-22-25/h5-6,9,13,20-22H,1-4,7-8H2/p+1. The first-order valence-electron chi connectivity index (χ1n) is 9.06. The molecule has 5 rings (SSSR count). The number of hydrogen-bond acceptors (Lipinski definition) is 8. The second kappa shape index (κ2) is 6.43. The zero-order valence-electron chi connectivity index (χ0n) is 14.9. The van der Waals surface area contributed by atoms with Gasteiger partial charge in [-0.25, -0.2) is 19.1 Å². The number of nitrogens with one attached hydrogen (secondary N) is 2. The summed E-state index contributed by atoms with van der Waals surface area (Å²) in [5.74, 6) is -1.44. The molecule has 1 saturated carbocycles. The molecule has 1 aromatic carbocycles. The monoisotopic (exact) mass is 396 g/mol. The molecule has 1 amide bonds. The molecule has 0 radical (unpaired) electrons. The highest BCUT2D eigenvalue weighted by molar-refractivity contribution is 5.91. The molecule has 3 heterocycles. The van der Waals surface area contributed by atoms with Crippen molar-refractivity contribution in [3.8, 4) is 0 Å². The first-order chi connectivity index (χ1) is 13.6. The van der Waals surface area contributed by atoms with Gasteiger partial charge in [-0.15, -0.1) is 16.2 Å². The molecule has 4 aliphatic rings. The summed E-state index contributed by atoms with van der Waals surface area (Å²) in [5, 5.41) is 5.71. The fourth-order valence-corrected chi connectivity index (χ4v) is 3.95. The van der Waals surface area contributed by atoms with E-state index >= 15 is 0 Å². The SMILES string of the molecule is O=C1OC2(CC2N2C=NN[NH2+]2)CN1c1cc(F)c(N2CCNOCC2)c(F)c1. The van der Waals surface area contributed by atoms with E-state index in [0.717, 1.165) is 0 Å². The summed E-state index contributed by atoms with van der Waals surface area (Å²) in [4.78, 5) is 20.4. The number of rotatable bonds is 3. The van der Waals surface area contributed by atoms with Gasteiger partial charge < -0.3 is 9.64 Å². The molecular formula is C16H20F2N7O3+. The minimum atomic E-state index is -0.720. The number of benzene rings is 1. The van der Waals surface area contributed by atoms with Crippen LogP contribution in [0.2, 0.25) is 0 Å². The molecule has 2 unspecified atom stereocenters. The summed E-state index contributed by atoms with van der Waals surface area (Å²) < 4.78 is 35.1. The van der Waals surface area contributed by atoms with E-state index in [1.54, 1.807) is 16.8 Å². The molecule has 4 N–H and O–H groups in total. The highest BCUT2D eigenvalue weighted by Gasteiger charge is 2.68. The van der Waals surface area contributed by atoms with E-state index in [2.05, 4.69) is 16.1 Å². The lowest BCUT2D eigenvalue weighted by Crippen LogP contribution is -2.97. The minimum absolute atomic E-state index is 0.0428. The maximum Gasteiger partial charge on any atom is 0.415 e. The lowest BCUT2D eigenvalue weighted by molar-refractivity contribution is -0.823. The minimum Gasteiger partial charge on any atom is -0.438 e. The van der Waals surface area contributed by atoms with Crippen molar-refractivity contribution in [1.29, 1.82) is 0 Å². The Balaban J connectivity index is 1.36. The van der Waals surface area contributed by atoms with Crippen LogP contribution in [0.4, 0.5) is 25.0 Å². The van der Waals surface area contributed by atoms with Crippen LogP contribution in [-0.4, -0.2) is 61.9 Å². The number of anilines is 2. The first kappa shape index (κ1) is 17.4. The van der Waals surface area contributed by atoms with Crippen LogP contribution in [0.5, 0.6) is 0 Å². The Morgan fingerprint density at radius 3 is 2.86 bits per heavy atom. The third kappa shape index (κ3) is 2.80. The van der Waals surface area contributed by atoms with Crippen molar-refractivity contribution in [2.45, 2.75) is 18.1 Å². The Morgan fingerprint density at radius 2 is 2.11 bits per heavy atom. The molecule has 2 saturated heterocycles. The molecule has 2 atom stereocenters. The molecule has 1 aliphatic carbocycles. The van der Waals surface area contributed by atoms with Crippen molar-refractivity contribution in [3.05, 3.63) is 23.8 Å². The van der Waals surface area contributed by atoms with Gasteiger partial charge in [0.1, 0.15) is 11.7 Å². The van der Waals surface area contributed by atoms with Gasteiger partial charge in [0.25, 0.3) is 0 Å². The predicted octanol–water partition coefficient (Wildman–Crippen LogP) is -0.984. The highest BCUT2D eigenvalue weighted by Crippen LogP contribution is 2.48. The number of nitrogens with zero attached hydrogens (tertiary/aromatic N) is 4. The van der Waals surface area contributed by atoms with Crippen molar-refractivity contribution in [2.24, 2.45) is 5.10 Å². The second-order valence-corrected chi connectivity index (χ2v) is 7.18. The molecule has 28 heavy (non-hydrogen) atoms. The van der Waals surface area contributed by atoms with E-state index in [9.17, 15) is 13.6 Å². The smallest absolute Gasteiger partial charge is 0.415 e. The van der Waals surface area contributed by atoms with E-state index < -0.39 is 23.3 Å². The largest absolute Gasteiger partial charge is 0.438 e. The van der Waals surface area contributed by atoms with Crippen molar-refractivity contribution in [1.82, 2.24) is 16.0 Å². The Labute approximate surface area is 158 Å². The number of hydrogen-bond donors (Lipinski definition) is 3. The number of nitrogens with two attached hydrogens (primary N) is 1. The van der Waals surface area contributed by atoms with Crippen LogP contribution in [-0.2, 0) is 9.57 Å². The molecule has 3 aliphatic heterocycles. The average Bonchev–Trinajstić information content (AvgIpc) is 3.01. The van der Waals surface area contributed by atoms with Crippen molar-refractivity contribution < 1.29 is 28.7 Å². The number of carbonyl (C=O) groups excluding carboxylic acids is 1. The molecule has 10 nitrogen and oxygen atoms in total. The van der Waals surface area contributed by atoms with Gasteiger partial charge in [-0.2, -0.15) is 5.01 Å². The number of quaternary nitrogens is 1. The lowest BCUT2D eigenvalue weighted by atomic mass is 10.2. The zero-order valence-corrected chi connectivity index (χ0v) is 14.9. The van der Waals surface area contributed by atoms with Gasteiger partial charge in [0.15, 0.2) is 23.6 Å². The van der Waals surface area contributed by atoms with Crippen molar-refractivity contribution in [2.75, 3.05) is 42.6 Å². The molecule has 0 aromatic heterocycles. The number of hydrazone groups is 1. The average molecular weight is 396 g/mol. The summed E-state index contributed by atoms with van der Waals surface area (Å²) in [6.07, 6.45) is 1.64. The Kier molecular flexibility index (Phi) is 4.00. The molecule has 0 bridgehead atoms. The summed E-state index contributed by atoms with van der Waals surface area (Å²) in [6, 6.07) is 2.32. The van der Waals surface area contributed by atoms with Crippen molar-refractivity contribution >= 4 is 23.8 Å². The van der Waals surface area contributed by atoms with Crippen LogP contribution in [0.15, 0.2) is 17.2 Å². The van der Waals surface area contributed by atoms with Crippen LogP contribution >= 0.6 is 0 Å². The number of amides is 1. The van der Waals surface area contributed by atoms with E-state index in [1.165, 1.54) is 17.0 Å². The molecule has 3 fully saturated rings. The summed E-state index contributed by atoms with van der Waals surface area (Å²) in [7, 11) is 0. The van der Waals surface area contributed by atoms with Crippen LogP contribution < -0.4 is 26.3 Å². The fourth-order valence-electron chi connectivity index (χ4n) is 3.95. The second-order valence-electron chi connectivity index (χ2n) is 7.18. The summed E-state index contributed by atoms with van der Waals surface area (Å²) in [6.45, 7) is 1.77. The van der Waals surface area contributed by atoms with Gasteiger partial charge in [0.05, 0.1) is 18.8 Å². The molecule has 1 aromatic rings. The Bertz CT molecular complexity index is 809. The number of ether oxygens (including phenoxy) is 1. The van der Waals surface area contributed by atoms with E-state index in [0.29, 0.717) is 32.7 Å². The van der Waals surface area contributed by atoms with Gasteiger partial charge in [0.2, 0.25) is 0 Å². The summed E-state index contributed by atoms with van der Waals surface area (Å²) >= 11 is 0. The zero-order chi connectivity index (χ0) is 19.3. The molecule has 1 spiro atoms. The number of carbonyl (C=O) groups is 1. The normalized spacial score (nSPS) is 29.3. The van der Waals surface area contributed by atoms with Crippen LogP contribution in [0.25, 0.3) is 0 Å². The van der Waals surface area contributed by atoms with Crippen LogP contribution in [0, 0.1) is 11.6 Å². The third-order valence-corrected chi connectivity index (χ3v) is 5.43. The molecular weight excluding hydrogens is 376 g/mol. The number of halogens is 2. The van der Waals surface area contributed by atoms with Crippen molar-refractivity contribution in [3.63, 3.8) is 0 Å². The Morgan fingerprint density at radius 1 is 1.29 bits per heavy atom. The third-order valence-electron chi connectivity index (χ3n) is 5.43. The van der Waals surface area contributed by atoms with Gasteiger partial charge >= 0.3 is 6.09 Å². The molecule has 150 valence electrons. The van der Waals surface area contributed by atoms with E-state index in [-0.39, 0.29) is 24.0 Å². The maximum atomic E-state index is 14.8. The van der Waals surface area contributed by atoms with Gasteiger partial charge in [0, 0.05) is 38.2 Å². The molecule has 12 heteroatoms. The van der Waals surface area contributed by atoms with Gasteiger partial charge in [-0.3, -0.25) is 9.74 Å². The van der Waals surface area contributed by atoms with Gasteiger partial charge in [-0.05, 0) is 0 Å². The van der Waals surface area contributed by atoms with E-state index in [1.807, 2.05) is 5.01 Å². The topological polar surface area (TPSA) is 98.3 Å². The fraction of sp³-hybridized carbons (Fsp3) is 0.500. The van der Waals surface area contributed by atoms with E-state index in [4.69, 9.17) is 9.57 Å².